The zero-order chi connectivity index (χ0) is 19.7. The number of carbonyl (C=O) groups excluding carboxylic acids is 3. The molecule has 2 aromatic carbocycles. The second kappa shape index (κ2) is 7.26. The molecule has 7 nitrogen and oxygen atoms in total. The number of carbonyl (C=O) groups is 3. The van der Waals surface area contributed by atoms with Gasteiger partial charge in [0.25, 0.3) is 11.8 Å². The van der Waals surface area contributed by atoms with Gasteiger partial charge in [-0.2, -0.15) is 0 Å². The highest BCUT2D eigenvalue weighted by atomic mass is 16.2. The van der Waals surface area contributed by atoms with Gasteiger partial charge in [0.05, 0.1) is 22.2 Å². The van der Waals surface area contributed by atoms with Crippen molar-refractivity contribution in [1.29, 1.82) is 0 Å². The number of para-hydroxylation sites is 2. The number of amides is 3. The van der Waals surface area contributed by atoms with Gasteiger partial charge in [0, 0.05) is 13.1 Å². The molecule has 4 rings (SSSR count). The highest BCUT2D eigenvalue weighted by molar-refractivity contribution is 6.22. The van der Waals surface area contributed by atoms with E-state index >= 15 is 0 Å². The number of aryl methyl sites for hydroxylation is 2. The summed E-state index contributed by atoms with van der Waals surface area (Å²) < 4.78 is 2.12. The lowest BCUT2D eigenvalue weighted by atomic mass is 10.1. The van der Waals surface area contributed by atoms with Crippen LogP contribution in [0.2, 0.25) is 0 Å². The van der Waals surface area contributed by atoms with E-state index < -0.39 is 11.8 Å². The molecule has 28 heavy (non-hydrogen) atoms. The van der Waals surface area contributed by atoms with Gasteiger partial charge < -0.3 is 9.88 Å². The van der Waals surface area contributed by atoms with Gasteiger partial charge in [0.15, 0.2) is 0 Å². The summed E-state index contributed by atoms with van der Waals surface area (Å²) in [5.74, 6) is -0.257. The molecule has 1 aliphatic rings. The van der Waals surface area contributed by atoms with E-state index in [1.54, 1.807) is 24.3 Å². The first kappa shape index (κ1) is 17.9. The van der Waals surface area contributed by atoms with Gasteiger partial charge in [-0.15, -0.1) is 0 Å². The average Bonchev–Trinajstić information content (AvgIpc) is 3.14. The number of hydrogen-bond acceptors (Lipinski definition) is 4. The predicted octanol–water partition coefficient (Wildman–Crippen LogP) is 2.15. The molecule has 142 valence electrons. The van der Waals surface area contributed by atoms with Crippen LogP contribution in [-0.4, -0.2) is 45.3 Å². The average molecular weight is 376 g/mol. The Hall–Kier alpha value is -3.48. The molecule has 0 saturated carbocycles. The van der Waals surface area contributed by atoms with E-state index in [1.807, 2.05) is 31.2 Å². The molecule has 3 amide bonds. The molecule has 1 aromatic heterocycles. The number of benzene rings is 2. The van der Waals surface area contributed by atoms with Crippen LogP contribution in [0.4, 0.5) is 0 Å². The summed E-state index contributed by atoms with van der Waals surface area (Å²) in [6, 6.07) is 14.5. The van der Waals surface area contributed by atoms with Gasteiger partial charge in [0.2, 0.25) is 5.91 Å². The van der Waals surface area contributed by atoms with Gasteiger partial charge in [-0.1, -0.05) is 24.3 Å². The maximum atomic E-state index is 12.3. The smallest absolute Gasteiger partial charge is 0.262 e. The molecule has 1 aliphatic heterocycles. The maximum Gasteiger partial charge on any atom is 0.262 e. The van der Waals surface area contributed by atoms with Crippen molar-refractivity contribution < 1.29 is 14.4 Å². The fraction of sp³-hybridized carbons (Fsp3) is 0.238. The minimum atomic E-state index is -0.420. The Morgan fingerprint density at radius 1 is 1.00 bits per heavy atom. The quantitative estimate of drug-likeness (QED) is 0.528. The number of rotatable bonds is 6. The number of nitrogens with one attached hydrogen (secondary N) is 1. The van der Waals surface area contributed by atoms with Gasteiger partial charge in [-0.25, -0.2) is 4.98 Å². The first-order chi connectivity index (χ1) is 13.6. The number of nitrogens with zero attached hydrogens (tertiary/aromatic N) is 3. The molecule has 0 bridgehead atoms. The van der Waals surface area contributed by atoms with Crippen LogP contribution < -0.4 is 5.32 Å². The van der Waals surface area contributed by atoms with E-state index in [2.05, 4.69) is 14.9 Å². The summed E-state index contributed by atoms with van der Waals surface area (Å²) in [5, 5.41) is 2.79. The van der Waals surface area contributed by atoms with Gasteiger partial charge in [-0.05, 0) is 37.6 Å². The van der Waals surface area contributed by atoms with Crippen molar-refractivity contribution in [3.8, 4) is 0 Å². The highest BCUT2D eigenvalue weighted by Crippen LogP contribution is 2.22. The lowest BCUT2D eigenvalue weighted by molar-refractivity contribution is -0.121. The fourth-order valence-corrected chi connectivity index (χ4v) is 3.53. The summed E-state index contributed by atoms with van der Waals surface area (Å²) in [4.78, 5) is 42.3. The molecular formula is C21H20N4O3. The predicted molar refractivity (Wildman–Crippen MR) is 104 cm³/mol. The molecule has 0 atom stereocenters. The molecule has 2 heterocycles. The third-order valence-electron chi connectivity index (χ3n) is 4.91. The standard InChI is InChI=1S/C21H20N4O3/c1-14-23-17-9-4-5-10-18(17)24(14)12-6-11-22-19(26)13-25-20(27)15-7-2-3-8-16(15)21(25)28/h2-5,7-10H,6,11-13H2,1H3,(H,22,26). The lowest BCUT2D eigenvalue weighted by Crippen LogP contribution is -2.40. The van der Waals surface area contributed by atoms with Crippen LogP contribution >= 0.6 is 0 Å². The minimum absolute atomic E-state index is 0.265. The van der Waals surface area contributed by atoms with Crippen molar-refractivity contribution in [2.75, 3.05) is 13.1 Å². The third kappa shape index (κ3) is 3.15. The first-order valence-electron chi connectivity index (χ1n) is 9.20. The third-order valence-corrected chi connectivity index (χ3v) is 4.91. The Morgan fingerprint density at radius 3 is 2.36 bits per heavy atom. The monoisotopic (exact) mass is 376 g/mol. The molecule has 0 spiro atoms. The number of imidazole rings is 1. The van der Waals surface area contributed by atoms with Crippen molar-refractivity contribution in [3.63, 3.8) is 0 Å². The Bertz CT molecular complexity index is 1050. The summed E-state index contributed by atoms with van der Waals surface area (Å²) >= 11 is 0. The van der Waals surface area contributed by atoms with Crippen LogP contribution in [0, 0.1) is 6.92 Å². The van der Waals surface area contributed by atoms with E-state index in [4.69, 9.17) is 0 Å². The lowest BCUT2D eigenvalue weighted by Gasteiger charge is -2.14. The summed E-state index contributed by atoms with van der Waals surface area (Å²) in [6.45, 7) is 2.87. The Morgan fingerprint density at radius 2 is 1.64 bits per heavy atom. The zero-order valence-electron chi connectivity index (χ0n) is 15.5. The molecular weight excluding hydrogens is 356 g/mol. The van der Waals surface area contributed by atoms with Crippen LogP contribution in [0.3, 0.4) is 0 Å². The molecule has 0 saturated heterocycles. The number of fused-ring (bicyclic) bond motifs is 2. The summed E-state index contributed by atoms with van der Waals surface area (Å²) in [5.41, 5.74) is 2.72. The Balaban J connectivity index is 1.30. The Labute approximate surface area is 162 Å². The van der Waals surface area contributed by atoms with E-state index in [0.717, 1.165) is 34.7 Å². The molecule has 0 radical (unpaired) electrons. The number of aromatic nitrogens is 2. The van der Waals surface area contributed by atoms with Crippen molar-refractivity contribution in [2.45, 2.75) is 19.9 Å². The first-order valence-corrected chi connectivity index (χ1v) is 9.20. The number of imide groups is 1. The SMILES string of the molecule is Cc1nc2ccccc2n1CCCNC(=O)CN1C(=O)c2ccccc2C1=O. The van der Waals surface area contributed by atoms with E-state index in [9.17, 15) is 14.4 Å². The normalized spacial score (nSPS) is 13.2. The van der Waals surface area contributed by atoms with Crippen LogP contribution in [0.1, 0.15) is 33.0 Å². The van der Waals surface area contributed by atoms with Crippen LogP contribution in [-0.2, 0) is 11.3 Å². The van der Waals surface area contributed by atoms with Gasteiger partial charge in [-0.3, -0.25) is 19.3 Å². The van der Waals surface area contributed by atoms with Crippen molar-refractivity contribution in [3.05, 3.63) is 65.5 Å². The topological polar surface area (TPSA) is 84.3 Å². The van der Waals surface area contributed by atoms with Crippen LogP contribution in [0.25, 0.3) is 11.0 Å². The van der Waals surface area contributed by atoms with Gasteiger partial charge >= 0.3 is 0 Å². The van der Waals surface area contributed by atoms with Crippen LogP contribution in [0.15, 0.2) is 48.5 Å². The largest absolute Gasteiger partial charge is 0.354 e. The fourth-order valence-electron chi connectivity index (χ4n) is 3.53. The zero-order valence-corrected chi connectivity index (χ0v) is 15.5. The van der Waals surface area contributed by atoms with Gasteiger partial charge in [0.1, 0.15) is 12.4 Å². The molecule has 0 aliphatic carbocycles. The highest BCUT2D eigenvalue weighted by Gasteiger charge is 2.36. The minimum Gasteiger partial charge on any atom is -0.354 e. The van der Waals surface area contributed by atoms with Crippen LogP contribution in [0.5, 0.6) is 0 Å². The summed E-state index contributed by atoms with van der Waals surface area (Å²) in [6.07, 6.45) is 0.717. The summed E-state index contributed by atoms with van der Waals surface area (Å²) in [7, 11) is 0. The number of hydrogen-bond donors (Lipinski definition) is 1. The Kier molecular flexibility index (Phi) is 4.65. The molecule has 1 N–H and O–H groups in total. The second-order valence-corrected chi connectivity index (χ2v) is 6.74. The molecule has 7 heteroatoms. The van der Waals surface area contributed by atoms with E-state index in [1.165, 1.54) is 0 Å². The molecule has 3 aromatic rings. The van der Waals surface area contributed by atoms with Crippen molar-refractivity contribution in [1.82, 2.24) is 19.8 Å². The molecule has 0 unspecified atom stereocenters. The second-order valence-electron chi connectivity index (χ2n) is 6.74. The maximum absolute atomic E-state index is 12.3. The molecule has 0 fully saturated rings. The van der Waals surface area contributed by atoms with Crippen molar-refractivity contribution in [2.24, 2.45) is 0 Å². The van der Waals surface area contributed by atoms with E-state index in [-0.39, 0.29) is 12.5 Å². The van der Waals surface area contributed by atoms with Crippen molar-refractivity contribution >= 4 is 28.8 Å². The van der Waals surface area contributed by atoms with E-state index in [0.29, 0.717) is 17.7 Å².